The molecule has 0 bridgehead atoms. The summed E-state index contributed by atoms with van der Waals surface area (Å²) in [5.74, 6) is -2.73. The largest absolute Gasteiger partial charge is 0.465 e. The smallest absolute Gasteiger partial charge is 0.325 e. The summed E-state index contributed by atoms with van der Waals surface area (Å²) in [6, 6.07) is 17.0. The molecule has 0 fully saturated rings. The predicted octanol–water partition coefficient (Wildman–Crippen LogP) is 4.14. The van der Waals surface area contributed by atoms with Gasteiger partial charge in [-0.05, 0) is 73.6 Å². The maximum atomic E-state index is 13.3. The summed E-state index contributed by atoms with van der Waals surface area (Å²) < 4.78 is 18.1. The molecule has 0 atom stereocenters. The van der Waals surface area contributed by atoms with Crippen molar-refractivity contribution >= 4 is 29.4 Å². The first-order valence-corrected chi connectivity index (χ1v) is 13.5. The van der Waals surface area contributed by atoms with Crippen molar-refractivity contribution in [2.75, 3.05) is 31.6 Å². The highest BCUT2D eigenvalue weighted by Gasteiger charge is 2.17. The lowest BCUT2D eigenvalue weighted by atomic mass is 10.1. The average Bonchev–Trinajstić information content (AvgIpc) is 2.98. The minimum atomic E-state index is -0.630. The summed E-state index contributed by atoms with van der Waals surface area (Å²) in [6.45, 7) is 8.45. The van der Waals surface area contributed by atoms with E-state index in [1.807, 2.05) is 24.3 Å². The molecule has 0 radical (unpaired) electrons. The van der Waals surface area contributed by atoms with Crippen LogP contribution in [0.1, 0.15) is 63.0 Å². The normalized spacial score (nSPS) is 10.7. The molecule has 0 aliphatic rings. The van der Waals surface area contributed by atoms with Gasteiger partial charge in [-0.25, -0.2) is 4.39 Å². The predicted molar refractivity (Wildman–Crippen MR) is 154 cm³/mol. The van der Waals surface area contributed by atoms with Crippen molar-refractivity contribution in [3.8, 4) is 0 Å². The molecular weight excluding hydrogens is 527 g/mol. The average molecular weight is 563 g/mol. The maximum absolute atomic E-state index is 13.3. The van der Waals surface area contributed by atoms with Crippen molar-refractivity contribution in [1.29, 1.82) is 0 Å². The lowest BCUT2D eigenvalue weighted by Crippen LogP contribution is -2.31. The van der Waals surface area contributed by atoms with Gasteiger partial charge in [0.25, 0.3) is 17.7 Å². The molecule has 0 heterocycles. The van der Waals surface area contributed by atoms with Crippen molar-refractivity contribution < 1.29 is 28.3 Å². The number of halogens is 1. The van der Waals surface area contributed by atoms with Crippen LogP contribution in [0.4, 0.5) is 10.1 Å². The van der Waals surface area contributed by atoms with Gasteiger partial charge in [0, 0.05) is 35.5 Å². The Hall–Kier alpha value is -4.57. The minimum Gasteiger partial charge on any atom is -0.465 e. The zero-order valence-corrected chi connectivity index (χ0v) is 23.5. The van der Waals surface area contributed by atoms with Gasteiger partial charge in [-0.3, -0.25) is 24.1 Å². The Kier molecular flexibility index (Phi) is 11.5. The number of carbonyl (C=O) groups excluding carboxylic acids is 4. The van der Waals surface area contributed by atoms with Gasteiger partial charge in [0.2, 0.25) is 0 Å². The van der Waals surface area contributed by atoms with Gasteiger partial charge in [-0.2, -0.15) is 0 Å². The van der Waals surface area contributed by atoms with E-state index in [4.69, 9.17) is 4.74 Å². The van der Waals surface area contributed by atoms with E-state index in [-0.39, 0.29) is 42.1 Å². The van der Waals surface area contributed by atoms with Crippen LogP contribution in [0.15, 0.2) is 66.7 Å². The molecule has 0 unspecified atom stereocenters. The number of anilines is 1. The molecule has 0 saturated heterocycles. The number of nitrogens with one attached hydrogen (secondary N) is 3. The second-order valence-corrected chi connectivity index (χ2v) is 9.16. The van der Waals surface area contributed by atoms with Crippen LogP contribution in [0.3, 0.4) is 0 Å². The van der Waals surface area contributed by atoms with E-state index in [1.54, 1.807) is 6.92 Å². The molecule has 3 N–H and O–H groups in total. The van der Waals surface area contributed by atoms with Crippen LogP contribution in [0.5, 0.6) is 0 Å². The molecule has 0 aromatic heterocycles. The summed E-state index contributed by atoms with van der Waals surface area (Å²) in [5, 5.41) is 8.01. The van der Waals surface area contributed by atoms with E-state index in [1.165, 1.54) is 30.3 Å². The van der Waals surface area contributed by atoms with Crippen LogP contribution in [0.2, 0.25) is 0 Å². The zero-order chi connectivity index (χ0) is 29.8. The quantitative estimate of drug-likeness (QED) is 0.270. The van der Waals surface area contributed by atoms with E-state index >= 15 is 0 Å². The maximum Gasteiger partial charge on any atom is 0.325 e. The number of ether oxygens (including phenoxy) is 1. The molecular formula is C31H35FN4O5. The zero-order valence-electron chi connectivity index (χ0n) is 23.5. The number of esters is 1. The number of nitrogens with zero attached hydrogens (tertiary/aromatic N) is 1. The first-order valence-electron chi connectivity index (χ1n) is 13.5. The number of hydrogen-bond donors (Lipinski definition) is 3. The number of benzene rings is 3. The Morgan fingerprint density at radius 2 is 1.37 bits per heavy atom. The summed E-state index contributed by atoms with van der Waals surface area (Å²) >= 11 is 0. The van der Waals surface area contributed by atoms with Crippen molar-refractivity contribution in [1.82, 2.24) is 15.5 Å². The van der Waals surface area contributed by atoms with Gasteiger partial charge in [-0.15, -0.1) is 0 Å². The molecule has 0 aliphatic carbocycles. The molecule has 41 heavy (non-hydrogen) atoms. The first kappa shape index (κ1) is 31.0. The fourth-order valence-electron chi connectivity index (χ4n) is 4.08. The van der Waals surface area contributed by atoms with E-state index < -0.39 is 29.5 Å². The monoisotopic (exact) mass is 562 g/mol. The SMILES string of the molecule is CCOC(=O)CNC(=O)c1cc(NC(=O)c2ccc(F)cc2)cc(C(=O)NCc2ccccc2CN(CC)CC)c1. The van der Waals surface area contributed by atoms with E-state index in [9.17, 15) is 23.6 Å². The molecule has 10 heteroatoms. The van der Waals surface area contributed by atoms with E-state index in [0.29, 0.717) is 0 Å². The van der Waals surface area contributed by atoms with Gasteiger partial charge in [-0.1, -0.05) is 38.1 Å². The second kappa shape index (κ2) is 15.3. The van der Waals surface area contributed by atoms with Crippen LogP contribution in [0, 0.1) is 5.82 Å². The Morgan fingerprint density at radius 3 is 1.98 bits per heavy atom. The third kappa shape index (κ3) is 9.25. The minimum absolute atomic E-state index is 0.0540. The molecule has 0 saturated carbocycles. The lowest BCUT2D eigenvalue weighted by molar-refractivity contribution is -0.141. The molecule has 3 aromatic carbocycles. The molecule has 0 spiro atoms. The van der Waals surface area contributed by atoms with Crippen LogP contribution in [-0.4, -0.2) is 54.8 Å². The Morgan fingerprint density at radius 1 is 0.756 bits per heavy atom. The van der Waals surface area contributed by atoms with Crippen LogP contribution in [0.25, 0.3) is 0 Å². The van der Waals surface area contributed by atoms with Gasteiger partial charge in [0.15, 0.2) is 0 Å². The lowest BCUT2D eigenvalue weighted by Gasteiger charge is -2.20. The van der Waals surface area contributed by atoms with Crippen molar-refractivity contribution in [2.24, 2.45) is 0 Å². The standard InChI is InChI=1S/C31H35FN4O5/c1-4-36(5-2)20-23-10-8-7-9-22(23)18-33-29(38)24-15-25(30(39)34-19-28(37)41-6-3)17-27(16-24)35-31(40)21-11-13-26(32)14-12-21/h7-17H,4-6,18-20H2,1-3H3,(H,33,38)(H,34,39)(H,35,40). The molecule has 9 nitrogen and oxygen atoms in total. The molecule has 0 aliphatic heterocycles. The topological polar surface area (TPSA) is 117 Å². The third-order valence-corrected chi connectivity index (χ3v) is 6.37. The highest BCUT2D eigenvalue weighted by atomic mass is 19.1. The Balaban J connectivity index is 1.83. The fraction of sp³-hybridized carbons (Fsp3) is 0.290. The van der Waals surface area contributed by atoms with Crippen molar-refractivity contribution in [3.63, 3.8) is 0 Å². The third-order valence-electron chi connectivity index (χ3n) is 6.37. The van der Waals surface area contributed by atoms with Crippen molar-refractivity contribution in [2.45, 2.75) is 33.9 Å². The number of amides is 3. The summed E-state index contributed by atoms with van der Waals surface area (Å²) in [6.07, 6.45) is 0. The van der Waals surface area contributed by atoms with Gasteiger partial charge in [0.1, 0.15) is 12.4 Å². The number of hydrogen-bond acceptors (Lipinski definition) is 6. The fourth-order valence-corrected chi connectivity index (χ4v) is 4.08. The Labute approximate surface area is 239 Å². The van der Waals surface area contributed by atoms with Crippen molar-refractivity contribution in [3.05, 3.63) is 100 Å². The molecule has 3 amide bonds. The summed E-state index contributed by atoms with van der Waals surface area (Å²) in [4.78, 5) is 52.8. The van der Waals surface area contributed by atoms with E-state index in [0.717, 1.165) is 42.9 Å². The highest BCUT2D eigenvalue weighted by molar-refractivity contribution is 6.07. The number of rotatable bonds is 13. The summed E-state index contributed by atoms with van der Waals surface area (Å²) in [5.41, 5.74) is 2.61. The van der Waals surface area contributed by atoms with Gasteiger partial charge in [0.05, 0.1) is 6.61 Å². The highest BCUT2D eigenvalue weighted by Crippen LogP contribution is 2.18. The summed E-state index contributed by atoms with van der Waals surface area (Å²) in [7, 11) is 0. The van der Waals surface area contributed by atoms with E-state index in [2.05, 4.69) is 34.7 Å². The van der Waals surface area contributed by atoms with Crippen LogP contribution < -0.4 is 16.0 Å². The molecule has 3 aromatic rings. The number of carbonyl (C=O) groups is 4. The first-order chi connectivity index (χ1) is 19.7. The van der Waals surface area contributed by atoms with Crippen LogP contribution >= 0.6 is 0 Å². The van der Waals surface area contributed by atoms with Crippen LogP contribution in [-0.2, 0) is 22.6 Å². The molecule has 3 rings (SSSR count). The van der Waals surface area contributed by atoms with Gasteiger partial charge >= 0.3 is 5.97 Å². The Bertz CT molecular complexity index is 1370. The van der Waals surface area contributed by atoms with Gasteiger partial charge < -0.3 is 20.7 Å². The second-order valence-electron chi connectivity index (χ2n) is 9.16. The molecule has 216 valence electrons.